The van der Waals surface area contributed by atoms with Crippen molar-refractivity contribution in [3.8, 4) is 11.8 Å². The normalized spacial score (nSPS) is 46.1. The van der Waals surface area contributed by atoms with Crippen molar-refractivity contribution >= 4 is 0 Å². The Morgan fingerprint density at radius 3 is 2.62 bits per heavy atom. The van der Waals surface area contributed by atoms with Crippen LogP contribution in [0.25, 0.3) is 0 Å². The molecular formula is C24H29FO4. The predicted octanol–water partition coefficient (Wildman–Crippen LogP) is 4.82. The van der Waals surface area contributed by atoms with E-state index in [1.807, 2.05) is 6.92 Å². The quantitative estimate of drug-likeness (QED) is 0.462. The Hall–Kier alpha value is -1.45. The number of fused-ring (bicyclic) bond motifs is 3. The first kappa shape index (κ1) is 19.5. The lowest BCUT2D eigenvalue weighted by Gasteiger charge is -2.63. The molecule has 4 heterocycles. The molecule has 1 saturated carbocycles. The van der Waals surface area contributed by atoms with E-state index in [9.17, 15) is 4.39 Å². The molecule has 5 heteroatoms. The number of benzene rings is 1. The van der Waals surface area contributed by atoms with Gasteiger partial charge in [-0.05, 0) is 74.6 Å². The molecule has 2 bridgehead atoms. The second-order valence-electron chi connectivity index (χ2n) is 9.46. The molecule has 8 atom stereocenters. The third kappa shape index (κ3) is 3.13. The molecule has 0 aromatic heterocycles. The smallest absolute Gasteiger partial charge is 0.201 e. The highest BCUT2D eigenvalue weighted by atomic mass is 19.1. The van der Waals surface area contributed by atoms with Gasteiger partial charge in [0.15, 0.2) is 11.9 Å². The Morgan fingerprint density at radius 1 is 1.03 bits per heavy atom. The SMILES string of the molecule is C[C@H]1[C@@H](C#Cc2ccc(F)cc2)O[C@@H]2O[C@]3(C)CCC[C@H]4[C@H](C)CC[C@@H]1[C@@]24OO3. The van der Waals surface area contributed by atoms with Crippen LogP contribution in [0.4, 0.5) is 4.39 Å². The van der Waals surface area contributed by atoms with E-state index in [1.54, 1.807) is 12.1 Å². The summed E-state index contributed by atoms with van der Waals surface area (Å²) in [6, 6.07) is 6.25. The van der Waals surface area contributed by atoms with Crippen LogP contribution in [0.5, 0.6) is 0 Å². The molecule has 6 rings (SSSR count). The maximum absolute atomic E-state index is 13.2. The van der Waals surface area contributed by atoms with Gasteiger partial charge in [-0.1, -0.05) is 25.7 Å². The Morgan fingerprint density at radius 2 is 1.83 bits per heavy atom. The van der Waals surface area contributed by atoms with E-state index < -0.39 is 17.7 Å². The predicted molar refractivity (Wildman–Crippen MR) is 105 cm³/mol. The second kappa shape index (κ2) is 7.06. The lowest BCUT2D eigenvalue weighted by Crippen LogP contribution is -2.72. The van der Waals surface area contributed by atoms with Crippen LogP contribution in [0.15, 0.2) is 24.3 Å². The van der Waals surface area contributed by atoms with Crippen molar-refractivity contribution in [3.05, 3.63) is 35.6 Å². The van der Waals surface area contributed by atoms with E-state index in [0.29, 0.717) is 11.8 Å². The van der Waals surface area contributed by atoms with E-state index >= 15 is 0 Å². The average Bonchev–Trinajstić information content (AvgIpc) is 2.68. The fourth-order valence-electron chi connectivity index (χ4n) is 5.98. The van der Waals surface area contributed by atoms with E-state index in [-0.39, 0.29) is 23.8 Å². The summed E-state index contributed by atoms with van der Waals surface area (Å²) in [5, 5.41) is 0. The molecule has 1 aliphatic carbocycles. The summed E-state index contributed by atoms with van der Waals surface area (Å²) in [6.07, 6.45) is 4.45. The number of ether oxygens (including phenoxy) is 2. The first-order valence-electron chi connectivity index (χ1n) is 10.9. The van der Waals surface area contributed by atoms with Gasteiger partial charge in [0.05, 0.1) is 0 Å². The monoisotopic (exact) mass is 400 g/mol. The Kier molecular flexibility index (Phi) is 4.75. The zero-order valence-electron chi connectivity index (χ0n) is 17.3. The van der Waals surface area contributed by atoms with Crippen molar-refractivity contribution in [1.82, 2.24) is 0 Å². The van der Waals surface area contributed by atoms with E-state index in [1.165, 1.54) is 18.6 Å². The van der Waals surface area contributed by atoms with Crippen LogP contribution in [-0.4, -0.2) is 23.8 Å². The molecule has 4 saturated heterocycles. The zero-order chi connectivity index (χ0) is 20.2. The summed E-state index contributed by atoms with van der Waals surface area (Å²) in [5.41, 5.74) is 0.217. The van der Waals surface area contributed by atoms with Crippen LogP contribution in [-0.2, 0) is 19.2 Å². The minimum absolute atomic E-state index is 0.185. The third-order valence-corrected chi connectivity index (χ3v) is 7.60. The summed E-state index contributed by atoms with van der Waals surface area (Å²) in [5.74, 6) is 6.76. The fourth-order valence-corrected chi connectivity index (χ4v) is 5.98. The molecule has 0 amide bonds. The van der Waals surface area contributed by atoms with Crippen molar-refractivity contribution in [2.45, 2.75) is 76.7 Å². The molecule has 4 aliphatic heterocycles. The third-order valence-electron chi connectivity index (χ3n) is 7.60. The molecule has 156 valence electrons. The Bertz CT molecular complexity index is 830. The highest BCUT2D eigenvalue weighted by Gasteiger charge is 2.68. The summed E-state index contributed by atoms with van der Waals surface area (Å²) in [7, 11) is 0. The van der Waals surface area contributed by atoms with Crippen molar-refractivity contribution in [2.24, 2.45) is 23.7 Å². The van der Waals surface area contributed by atoms with Gasteiger partial charge in [-0.2, -0.15) is 0 Å². The van der Waals surface area contributed by atoms with Gasteiger partial charge in [-0.25, -0.2) is 14.2 Å². The molecular weight excluding hydrogens is 371 g/mol. The van der Waals surface area contributed by atoms with Gasteiger partial charge in [0.25, 0.3) is 0 Å². The molecule has 1 aromatic carbocycles. The summed E-state index contributed by atoms with van der Waals surface area (Å²) >= 11 is 0. The second-order valence-corrected chi connectivity index (χ2v) is 9.46. The summed E-state index contributed by atoms with van der Waals surface area (Å²) < 4.78 is 26.1. The van der Waals surface area contributed by atoms with Crippen LogP contribution < -0.4 is 0 Å². The minimum Gasteiger partial charge on any atom is -0.333 e. The maximum Gasteiger partial charge on any atom is 0.201 e. The fraction of sp³-hybridized carbons (Fsp3) is 0.667. The van der Waals surface area contributed by atoms with Crippen LogP contribution in [0.3, 0.4) is 0 Å². The van der Waals surface area contributed by atoms with E-state index in [4.69, 9.17) is 19.2 Å². The molecule has 1 aromatic rings. The standard InChI is InChI=1S/C24H29FO4/c1-15-6-12-20-16(2)21(13-9-17-7-10-18(25)11-8-17)26-22-24(20)19(15)5-4-14-23(3,27-22)28-29-24/h7-8,10-11,15-16,19-22H,4-6,12,14H2,1-3H3/t15-,16-,19+,20+,21-,22-,23+,24-/m1/s1. The lowest BCUT2D eigenvalue weighted by atomic mass is 9.56. The van der Waals surface area contributed by atoms with E-state index in [0.717, 1.165) is 31.2 Å². The van der Waals surface area contributed by atoms with Crippen molar-refractivity contribution < 1.29 is 23.6 Å². The van der Waals surface area contributed by atoms with Gasteiger partial charge in [-0.15, -0.1) is 0 Å². The van der Waals surface area contributed by atoms with Crippen LogP contribution in [0.1, 0.15) is 58.4 Å². The molecule has 29 heavy (non-hydrogen) atoms. The summed E-state index contributed by atoms with van der Waals surface area (Å²) in [6.45, 7) is 6.45. The van der Waals surface area contributed by atoms with Crippen molar-refractivity contribution in [1.29, 1.82) is 0 Å². The van der Waals surface area contributed by atoms with E-state index in [2.05, 4.69) is 25.7 Å². The molecule has 0 N–H and O–H groups in total. The molecule has 0 unspecified atom stereocenters. The minimum atomic E-state index is -0.776. The highest BCUT2D eigenvalue weighted by molar-refractivity contribution is 5.35. The van der Waals surface area contributed by atoms with Gasteiger partial charge in [-0.3, -0.25) is 0 Å². The van der Waals surface area contributed by atoms with Gasteiger partial charge in [0.2, 0.25) is 5.79 Å². The van der Waals surface area contributed by atoms with Gasteiger partial charge in [0, 0.05) is 17.9 Å². The molecule has 4 nitrogen and oxygen atoms in total. The number of rotatable bonds is 0. The first-order valence-corrected chi connectivity index (χ1v) is 10.9. The molecule has 5 fully saturated rings. The largest absolute Gasteiger partial charge is 0.333 e. The molecule has 5 aliphatic rings. The maximum atomic E-state index is 13.2. The zero-order valence-corrected chi connectivity index (χ0v) is 17.3. The van der Waals surface area contributed by atoms with Crippen LogP contribution >= 0.6 is 0 Å². The van der Waals surface area contributed by atoms with Gasteiger partial charge < -0.3 is 9.47 Å². The van der Waals surface area contributed by atoms with Crippen molar-refractivity contribution in [3.63, 3.8) is 0 Å². The first-order chi connectivity index (χ1) is 13.9. The number of hydrogen-bond acceptors (Lipinski definition) is 4. The van der Waals surface area contributed by atoms with Crippen LogP contribution in [0, 0.1) is 41.3 Å². The lowest BCUT2D eigenvalue weighted by molar-refractivity contribution is -0.584. The Balaban J connectivity index is 1.49. The topological polar surface area (TPSA) is 36.9 Å². The molecule has 0 radical (unpaired) electrons. The van der Waals surface area contributed by atoms with Gasteiger partial charge in [0.1, 0.15) is 11.9 Å². The number of halogens is 1. The highest BCUT2D eigenvalue weighted by Crippen LogP contribution is 2.59. The number of hydrogen-bond donors (Lipinski definition) is 0. The Labute approximate surface area is 172 Å². The average molecular weight is 400 g/mol. The van der Waals surface area contributed by atoms with Gasteiger partial charge >= 0.3 is 0 Å². The van der Waals surface area contributed by atoms with Crippen molar-refractivity contribution in [2.75, 3.05) is 0 Å². The molecule has 1 spiro atoms. The summed E-state index contributed by atoms with van der Waals surface area (Å²) in [4.78, 5) is 12.1. The van der Waals surface area contributed by atoms with Crippen LogP contribution in [0.2, 0.25) is 0 Å².